The Morgan fingerprint density at radius 2 is 2.17 bits per heavy atom. The van der Waals surface area contributed by atoms with Crippen LogP contribution in [0, 0.1) is 0 Å². The standard InChI is InChI=1S/C15H19ClN4O2S/c1-2-3-8-17-14(21)10-23-15-18-13(19-20-15)9-22-12-6-4-11(16)5-7-12/h4-7H,2-3,8-10H2,1H3,(H,17,21)(H,18,19,20). The molecule has 0 saturated carbocycles. The van der Waals surface area contributed by atoms with Crippen LogP contribution in [0.15, 0.2) is 29.4 Å². The molecule has 0 unspecified atom stereocenters. The van der Waals surface area contributed by atoms with Crippen LogP contribution in [0.2, 0.25) is 5.02 Å². The van der Waals surface area contributed by atoms with Crippen molar-refractivity contribution in [1.29, 1.82) is 0 Å². The molecule has 1 amide bonds. The second-order valence-corrected chi connectivity index (χ2v) is 6.18. The van der Waals surface area contributed by atoms with Gasteiger partial charge >= 0.3 is 0 Å². The van der Waals surface area contributed by atoms with Gasteiger partial charge in [0.25, 0.3) is 0 Å². The van der Waals surface area contributed by atoms with E-state index >= 15 is 0 Å². The number of carbonyl (C=O) groups excluding carboxylic acids is 1. The number of carbonyl (C=O) groups is 1. The van der Waals surface area contributed by atoms with E-state index in [0.29, 0.717) is 34.1 Å². The van der Waals surface area contributed by atoms with Crippen molar-refractivity contribution in [2.75, 3.05) is 12.3 Å². The predicted molar refractivity (Wildman–Crippen MR) is 90.8 cm³/mol. The van der Waals surface area contributed by atoms with Gasteiger partial charge in [-0.1, -0.05) is 36.7 Å². The van der Waals surface area contributed by atoms with E-state index in [4.69, 9.17) is 16.3 Å². The summed E-state index contributed by atoms with van der Waals surface area (Å²) in [6.45, 7) is 3.07. The zero-order chi connectivity index (χ0) is 16.5. The van der Waals surface area contributed by atoms with Crippen molar-refractivity contribution in [3.05, 3.63) is 35.1 Å². The highest BCUT2D eigenvalue weighted by molar-refractivity contribution is 7.99. The lowest BCUT2D eigenvalue weighted by Gasteiger charge is -2.03. The van der Waals surface area contributed by atoms with Crippen molar-refractivity contribution in [1.82, 2.24) is 20.5 Å². The van der Waals surface area contributed by atoms with E-state index < -0.39 is 0 Å². The minimum Gasteiger partial charge on any atom is -0.486 e. The Balaban J connectivity index is 1.72. The van der Waals surface area contributed by atoms with Crippen LogP contribution in [0.4, 0.5) is 0 Å². The number of aromatic nitrogens is 3. The summed E-state index contributed by atoms with van der Waals surface area (Å²) in [6, 6.07) is 7.09. The lowest BCUT2D eigenvalue weighted by molar-refractivity contribution is -0.118. The lowest BCUT2D eigenvalue weighted by atomic mass is 10.3. The summed E-state index contributed by atoms with van der Waals surface area (Å²) in [5.41, 5.74) is 0. The second-order valence-electron chi connectivity index (χ2n) is 4.80. The Labute approximate surface area is 144 Å². The third kappa shape index (κ3) is 6.50. The van der Waals surface area contributed by atoms with E-state index in [1.165, 1.54) is 11.8 Å². The van der Waals surface area contributed by atoms with Gasteiger partial charge in [0, 0.05) is 11.6 Å². The summed E-state index contributed by atoms with van der Waals surface area (Å²) in [4.78, 5) is 15.9. The third-order valence-corrected chi connectivity index (χ3v) is 3.98. The largest absolute Gasteiger partial charge is 0.486 e. The highest BCUT2D eigenvalue weighted by Crippen LogP contribution is 2.17. The van der Waals surface area contributed by atoms with Crippen molar-refractivity contribution < 1.29 is 9.53 Å². The van der Waals surface area contributed by atoms with Gasteiger partial charge in [-0.2, -0.15) is 0 Å². The molecule has 0 saturated heterocycles. The number of ether oxygens (including phenoxy) is 1. The Morgan fingerprint density at radius 1 is 1.39 bits per heavy atom. The molecule has 6 nitrogen and oxygen atoms in total. The zero-order valence-electron chi connectivity index (χ0n) is 12.8. The number of benzene rings is 1. The molecule has 124 valence electrons. The van der Waals surface area contributed by atoms with Gasteiger partial charge in [-0.15, -0.1) is 5.10 Å². The maximum atomic E-state index is 11.6. The van der Waals surface area contributed by atoms with E-state index in [9.17, 15) is 4.79 Å². The number of nitrogens with zero attached hydrogens (tertiary/aromatic N) is 2. The topological polar surface area (TPSA) is 79.9 Å². The summed E-state index contributed by atoms with van der Waals surface area (Å²) in [5, 5.41) is 10.9. The smallest absolute Gasteiger partial charge is 0.230 e. The summed E-state index contributed by atoms with van der Waals surface area (Å²) in [7, 11) is 0. The molecule has 0 atom stereocenters. The molecule has 0 aliphatic rings. The maximum absolute atomic E-state index is 11.6. The molecule has 0 radical (unpaired) electrons. The first-order valence-electron chi connectivity index (χ1n) is 7.36. The SMILES string of the molecule is CCCCNC(=O)CSc1n[nH]c(COc2ccc(Cl)cc2)n1. The molecule has 0 fully saturated rings. The normalized spacial score (nSPS) is 10.5. The molecule has 0 spiro atoms. The predicted octanol–water partition coefficient (Wildman–Crippen LogP) is 3.05. The fraction of sp³-hybridized carbons (Fsp3) is 0.400. The molecule has 0 aliphatic heterocycles. The van der Waals surface area contributed by atoms with E-state index in [-0.39, 0.29) is 12.5 Å². The molecule has 1 aromatic heterocycles. The number of hydrogen-bond donors (Lipinski definition) is 2. The Morgan fingerprint density at radius 3 is 2.91 bits per heavy atom. The lowest BCUT2D eigenvalue weighted by Crippen LogP contribution is -2.26. The molecule has 2 rings (SSSR count). The highest BCUT2D eigenvalue weighted by Gasteiger charge is 2.08. The quantitative estimate of drug-likeness (QED) is 0.534. The number of nitrogens with one attached hydrogen (secondary N) is 2. The van der Waals surface area contributed by atoms with E-state index in [0.717, 1.165) is 12.8 Å². The third-order valence-electron chi connectivity index (χ3n) is 2.89. The summed E-state index contributed by atoms with van der Waals surface area (Å²) >= 11 is 7.11. The van der Waals surface area contributed by atoms with Crippen molar-refractivity contribution in [3.8, 4) is 5.75 Å². The average Bonchev–Trinajstić information content (AvgIpc) is 3.01. The van der Waals surface area contributed by atoms with Crippen LogP contribution in [0.3, 0.4) is 0 Å². The minimum atomic E-state index is -0.00721. The maximum Gasteiger partial charge on any atom is 0.230 e. The molecule has 23 heavy (non-hydrogen) atoms. The Bertz CT molecular complexity index is 618. The summed E-state index contributed by atoms with van der Waals surface area (Å²) in [6.07, 6.45) is 2.05. The summed E-state index contributed by atoms with van der Waals surface area (Å²) in [5.74, 6) is 1.61. The van der Waals surface area contributed by atoms with Gasteiger partial charge < -0.3 is 10.1 Å². The fourth-order valence-electron chi connectivity index (χ4n) is 1.68. The summed E-state index contributed by atoms with van der Waals surface area (Å²) < 4.78 is 5.57. The van der Waals surface area contributed by atoms with Gasteiger partial charge in [0.05, 0.1) is 5.75 Å². The molecule has 0 aliphatic carbocycles. The van der Waals surface area contributed by atoms with Crippen molar-refractivity contribution >= 4 is 29.3 Å². The number of thioether (sulfide) groups is 1. The number of unbranched alkanes of at least 4 members (excludes halogenated alkanes) is 1. The second kappa shape index (κ2) is 9.42. The number of H-pyrrole nitrogens is 1. The molecule has 8 heteroatoms. The molecule has 1 aromatic carbocycles. The fourth-order valence-corrected chi connectivity index (χ4v) is 2.45. The van der Waals surface area contributed by atoms with Crippen LogP contribution in [-0.2, 0) is 11.4 Å². The van der Waals surface area contributed by atoms with Gasteiger partial charge in [0.15, 0.2) is 5.82 Å². The van der Waals surface area contributed by atoms with E-state index in [1.807, 2.05) is 0 Å². The first-order valence-corrected chi connectivity index (χ1v) is 8.73. The van der Waals surface area contributed by atoms with Gasteiger partial charge in [-0.05, 0) is 30.7 Å². The monoisotopic (exact) mass is 354 g/mol. The van der Waals surface area contributed by atoms with Crippen LogP contribution in [0.25, 0.3) is 0 Å². The zero-order valence-corrected chi connectivity index (χ0v) is 14.4. The first kappa shape index (κ1) is 17.6. The Hall–Kier alpha value is -1.73. The van der Waals surface area contributed by atoms with E-state index in [1.54, 1.807) is 24.3 Å². The van der Waals surface area contributed by atoms with Gasteiger partial charge in [-0.25, -0.2) is 4.98 Å². The molecule has 2 N–H and O–H groups in total. The number of aromatic amines is 1. The number of rotatable bonds is 9. The van der Waals surface area contributed by atoms with Crippen LogP contribution >= 0.6 is 23.4 Å². The highest BCUT2D eigenvalue weighted by atomic mass is 35.5. The number of amides is 1. The molecular formula is C15H19ClN4O2S. The van der Waals surface area contributed by atoms with Crippen LogP contribution in [-0.4, -0.2) is 33.4 Å². The van der Waals surface area contributed by atoms with E-state index in [2.05, 4.69) is 27.4 Å². The van der Waals surface area contributed by atoms with Crippen LogP contribution < -0.4 is 10.1 Å². The average molecular weight is 355 g/mol. The number of halogens is 1. The molecule has 1 heterocycles. The first-order chi connectivity index (χ1) is 11.2. The van der Waals surface area contributed by atoms with Crippen molar-refractivity contribution in [2.45, 2.75) is 31.5 Å². The van der Waals surface area contributed by atoms with Crippen molar-refractivity contribution in [3.63, 3.8) is 0 Å². The van der Waals surface area contributed by atoms with Crippen LogP contribution in [0.1, 0.15) is 25.6 Å². The molecule has 0 bridgehead atoms. The van der Waals surface area contributed by atoms with Crippen molar-refractivity contribution in [2.24, 2.45) is 0 Å². The van der Waals surface area contributed by atoms with Crippen LogP contribution in [0.5, 0.6) is 5.75 Å². The van der Waals surface area contributed by atoms with Gasteiger partial charge in [0.2, 0.25) is 11.1 Å². The Kier molecular flexibility index (Phi) is 7.22. The minimum absolute atomic E-state index is 0.00721. The van der Waals surface area contributed by atoms with Gasteiger partial charge in [0.1, 0.15) is 12.4 Å². The molecular weight excluding hydrogens is 336 g/mol. The number of hydrogen-bond acceptors (Lipinski definition) is 5. The van der Waals surface area contributed by atoms with Gasteiger partial charge in [-0.3, -0.25) is 9.89 Å². The molecule has 2 aromatic rings.